The molecule has 0 saturated carbocycles. The quantitative estimate of drug-likeness (QED) is 0.321. The van der Waals surface area contributed by atoms with Crippen molar-refractivity contribution in [1.82, 2.24) is 5.32 Å². The third-order valence-electron chi connectivity index (χ3n) is 3.57. The number of guanidine groups is 1. The summed E-state index contributed by atoms with van der Waals surface area (Å²) in [5.74, 6) is 2.53. The molecule has 0 heterocycles. The lowest BCUT2D eigenvalue weighted by atomic mass is 10.2. The van der Waals surface area contributed by atoms with Crippen molar-refractivity contribution < 1.29 is 14.2 Å². The molecule has 2 aromatic carbocycles. The maximum Gasteiger partial charge on any atom is 0.189 e. The molecule has 6 nitrogen and oxygen atoms in total. The van der Waals surface area contributed by atoms with Crippen molar-refractivity contribution in [2.24, 2.45) is 10.7 Å². The third-order valence-corrected chi connectivity index (χ3v) is 4.19. The van der Waals surface area contributed by atoms with Crippen LogP contribution in [0.4, 0.5) is 0 Å². The molecule has 0 aromatic heterocycles. The Morgan fingerprint density at radius 3 is 2.19 bits per heavy atom. The van der Waals surface area contributed by atoms with Crippen LogP contribution in [0.15, 0.2) is 45.9 Å². The number of hydrogen-bond acceptors (Lipinski definition) is 4. The van der Waals surface area contributed by atoms with E-state index in [4.69, 9.17) is 19.9 Å². The number of nitrogens with zero attached hydrogens (tertiary/aromatic N) is 1. The fraction of sp³-hybridized carbons (Fsp3) is 0.278. The lowest BCUT2D eigenvalue weighted by Gasteiger charge is -2.11. The maximum atomic E-state index is 5.94. The summed E-state index contributed by atoms with van der Waals surface area (Å²) in [5.41, 5.74) is 7.98. The van der Waals surface area contributed by atoms with Crippen LogP contribution in [0.2, 0.25) is 0 Å². The molecule has 0 aliphatic rings. The Bertz CT molecular complexity index is 756. The highest BCUT2D eigenvalue weighted by Gasteiger charge is 2.05. The van der Waals surface area contributed by atoms with Gasteiger partial charge in [0.2, 0.25) is 0 Å². The zero-order valence-corrected chi connectivity index (χ0v) is 18.8. The molecule has 0 unspecified atom stereocenters. The van der Waals surface area contributed by atoms with Crippen LogP contribution in [0.25, 0.3) is 0 Å². The second-order valence-corrected chi connectivity index (χ2v) is 6.07. The minimum absolute atomic E-state index is 0. The van der Waals surface area contributed by atoms with Gasteiger partial charge in [-0.1, -0.05) is 12.1 Å². The molecule has 0 amide bonds. The van der Waals surface area contributed by atoms with E-state index in [1.807, 2.05) is 36.4 Å². The highest BCUT2D eigenvalue weighted by Crippen LogP contribution is 2.27. The monoisotopic (exact) mass is 535 g/mol. The molecule has 0 atom stereocenters. The Hall–Kier alpha value is -1.68. The van der Waals surface area contributed by atoms with Gasteiger partial charge in [-0.3, -0.25) is 0 Å². The fourth-order valence-electron chi connectivity index (χ4n) is 2.22. The van der Waals surface area contributed by atoms with Crippen molar-refractivity contribution in [3.05, 3.63) is 52.0 Å². The molecule has 142 valence electrons. The Morgan fingerprint density at radius 2 is 1.58 bits per heavy atom. The van der Waals surface area contributed by atoms with Gasteiger partial charge in [0.05, 0.1) is 32.3 Å². The Balaban J connectivity index is 0.00000338. The first kappa shape index (κ1) is 22.4. The van der Waals surface area contributed by atoms with Crippen LogP contribution in [0.5, 0.6) is 17.2 Å². The summed E-state index contributed by atoms with van der Waals surface area (Å²) >= 11 is 3.46. The molecule has 0 spiro atoms. The smallest absolute Gasteiger partial charge is 0.189 e. The molecule has 2 aromatic rings. The average Bonchev–Trinajstić information content (AvgIpc) is 2.64. The number of methoxy groups -OCH3 is 3. The van der Waals surface area contributed by atoms with E-state index < -0.39 is 0 Å². The second-order valence-electron chi connectivity index (χ2n) is 5.21. The van der Waals surface area contributed by atoms with Gasteiger partial charge < -0.3 is 25.3 Å². The molecule has 0 saturated heterocycles. The molecule has 3 N–H and O–H groups in total. The number of halogens is 2. The van der Waals surface area contributed by atoms with Crippen LogP contribution in [0, 0.1) is 0 Å². The van der Waals surface area contributed by atoms with Gasteiger partial charge >= 0.3 is 0 Å². The molecule has 0 bridgehead atoms. The van der Waals surface area contributed by atoms with Gasteiger partial charge in [-0.05, 0) is 51.3 Å². The SMILES string of the molecule is COc1ccc(CN=C(N)NCc2ccc(OC)c(OC)c2)cc1Br.I. The van der Waals surface area contributed by atoms with Gasteiger partial charge in [0.15, 0.2) is 17.5 Å². The maximum absolute atomic E-state index is 5.94. The van der Waals surface area contributed by atoms with Crippen molar-refractivity contribution in [2.45, 2.75) is 13.1 Å². The number of ether oxygens (including phenoxy) is 3. The summed E-state index contributed by atoms with van der Waals surface area (Å²) in [6.45, 7) is 1.02. The molecule has 0 aliphatic heterocycles. The van der Waals surface area contributed by atoms with E-state index in [1.165, 1.54) is 0 Å². The summed E-state index contributed by atoms with van der Waals surface area (Å²) in [6, 6.07) is 11.5. The highest BCUT2D eigenvalue weighted by atomic mass is 127. The van der Waals surface area contributed by atoms with Gasteiger partial charge in [0.1, 0.15) is 5.75 Å². The first-order valence-corrected chi connectivity index (χ1v) is 8.43. The van der Waals surface area contributed by atoms with E-state index in [9.17, 15) is 0 Å². The number of nitrogens with two attached hydrogens (primary N) is 1. The van der Waals surface area contributed by atoms with Crippen molar-refractivity contribution >= 4 is 45.9 Å². The summed E-state index contributed by atoms with van der Waals surface area (Å²) < 4.78 is 16.6. The summed E-state index contributed by atoms with van der Waals surface area (Å²) in [7, 11) is 4.85. The standard InChI is InChI=1S/C18H22BrN3O3.HI/c1-23-15-6-4-12(8-14(15)19)10-21-18(20)22-11-13-5-7-16(24-2)17(9-13)25-3;/h4-9H,10-11H2,1-3H3,(H3,20,21,22);1H. The van der Waals surface area contributed by atoms with E-state index in [0.717, 1.165) is 21.3 Å². The fourth-order valence-corrected chi connectivity index (χ4v) is 2.81. The van der Waals surface area contributed by atoms with Crippen molar-refractivity contribution in [3.63, 3.8) is 0 Å². The molecule has 2 rings (SSSR count). The zero-order chi connectivity index (χ0) is 18.2. The number of hydrogen-bond donors (Lipinski definition) is 2. The summed E-state index contributed by atoms with van der Waals surface area (Å²) in [6.07, 6.45) is 0. The molecular formula is C18H23BrIN3O3. The molecule has 0 aliphatic carbocycles. The van der Waals surface area contributed by atoms with Crippen molar-refractivity contribution in [1.29, 1.82) is 0 Å². The van der Waals surface area contributed by atoms with E-state index >= 15 is 0 Å². The van der Waals surface area contributed by atoms with Gasteiger partial charge in [0, 0.05) is 6.54 Å². The first-order valence-electron chi connectivity index (χ1n) is 7.64. The Morgan fingerprint density at radius 1 is 0.962 bits per heavy atom. The lowest BCUT2D eigenvalue weighted by Crippen LogP contribution is -2.31. The number of aliphatic imine (C=N–C) groups is 1. The average molecular weight is 536 g/mol. The van der Waals surface area contributed by atoms with Crippen LogP contribution >= 0.6 is 39.9 Å². The van der Waals surface area contributed by atoms with Crippen LogP contribution in [0.1, 0.15) is 11.1 Å². The Kier molecular flexibility index (Phi) is 9.57. The normalized spacial score (nSPS) is 10.7. The lowest BCUT2D eigenvalue weighted by molar-refractivity contribution is 0.354. The zero-order valence-electron chi connectivity index (χ0n) is 14.9. The van der Waals surface area contributed by atoms with Crippen LogP contribution in [-0.4, -0.2) is 27.3 Å². The van der Waals surface area contributed by atoms with Crippen LogP contribution in [0.3, 0.4) is 0 Å². The van der Waals surface area contributed by atoms with E-state index in [2.05, 4.69) is 26.2 Å². The predicted octanol–water partition coefficient (Wildman–Crippen LogP) is 3.70. The summed E-state index contributed by atoms with van der Waals surface area (Å²) in [4.78, 5) is 4.35. The van der Waals surface area contributed by atoms with Gasteiger partial charge in [-0.2, -0.15) is 0 Å². The number of benzene rings is 2. The van der Waals surface area contributed by atoms with Gasteiger partial charge in [0.25, 0.3) is 0 Å². The third kappa shape index (κ3) is 6.24. The largest absolute Gasteiger partial charge is 0.496 e. The van der Waals surface area contributed by atoms with Crippen LogP contribution < -0.4 is 25.3 Å². The summed E-state index contributed by atoms with van der Waals surface area (Å²) in [5, 5.41) is 3.09. The minimum atomic E-state index is 0. The molecular weight excluding hydrogens is 513 g/mol. The second kappa shape index (κ2) is 11.1. The Labute approximate surface area is 179 Å². The van der Waals surface area contributed by atoms with E-state index in [-0.39, 0.29) is 24.0 Å². The highest BCUT2D eigenvalue weighted by molar-refractivity contribution is 14.0. The number of rotatable bonds is 7. The molecule has 0 fully saturated rings. The van der Waals surface area contributed by atoms with Crippen molar-refractivity contribution in [3.8, 4) is 17.2 Å². The first-order chi connectivity index (χ1) is 12.1. The van der Waals surface area contributed by atoms with Crippen LogP contribution in [-0.2, 0) is 13.1 Å². The topological polar surface area (TPSA) is 78.1 Å². The molecule has 0 radical (unpaired) electrons. The number of nitrogens with one attached hydrogen (secondary N) is 1. The molecule has 8 heteroatoms. The van der Waals surface area contributed by atoms with E-state index in [1.54, 1.807) is 21.3 Å². The van der Waals surface area contributed by atoms with Gasteiger partial charge in [-0.15, -0.1) is 24.0 Å². The minimum Gasteiger partial charge on any atom is -0.496 e. The predicted molar refractivity (Wildman–Crippen MR) is 118 cm³/mol. The van der Waals surface area contributed by atoms with E-state index in [0.29, 0.717) is 30.5 Å². The van der Waals surface area contributed by atoms with Gasteiger partial charge in [-0.25, -0.2) is 4.99 Å². The molecule has 26 heavy (non-hydrogen) atoms. The van der Waals surface area contributed by atoms with Crippen molar-refractivity contribution in [2.75, 3.05) is 21.3 Å².